The van der Waals surface area contributed by atoms with Crippen molar-refractivity contribution in [3.8, 4) is 0 Å². The third-order valence-electron chi connectivity index (χ3n) is 3.89. The van der Waals surface area contributed by atoms with Gasteiger partial charge >= 0.3 is 5.97 Å². The van der Waals surface area contributed by atoms with Crippen molar-refractivity contribution in [3.63, 3.8) is 0 Å². The molecule has 144 valence electrons. The number of rotatable bonds is 6. The van der Waals surface area contributed by atoms with Crippen LogP contribution < -0.4 is 5.32 Å². The van der Waals surface area contributed by atoms with E-state index < -0.39 is 27.9 Å². The van der Waals surface area contributed by atoms with Gasteiger partial charge in [-0.1, -0.05) is 28.1 Å². The molecule has 2 rings (SSSR count). The first-order valence-corrected chi connectivity index (χ1v) is 10.1. The van der Waals surface area contributed by atoms with Gasteiger partial charge in [-0.2, -0.15) is 0 Å². The number of amides is 1. The third-order valence-corrected chi connectivity index (χ3v) is 6.16. The van der Waals surface area contributed by atoms with Crippen molar-refractivity contribution in [3.05, 3.63) is 63.6 Å². The number of benzene rings is 2. The second-order valence-corrected chi connectivity index (χ2v) is 9.16. The number of halogens is 1. The van der Waals surface area contributed by atoms with Gasteiger partial charge in [-0.05, 0) is 42.8 Å². The van der Waals surface area contributed by atoms with Gasteiger partial charge in [0.1, 0.15) is 0 Å². The molecule has 7 nitrogen and oxygen atoms in total. The Balaban J connectivity index is 2.27. The molecule has 9 heteroatoms. The summed E-state index contributed by atoms with van der Waals surface area (Å²) in [5.41, 5.74) is 0.784. The molecule has 1 amide bonds. The number of carbonyl (C=O) groups excluding carboxylic acids is 1. The maximum absolute atomic E-state index is 12.5. The van der Waals surface area contributed by atoms with Crippen molar-refractivity contribution in [2.45, 2.75) is 17.9 Å². The van der Waals surface area contributed by atoms with Crippen LogP contribution in [-0.2, 0) is 10.0 Å². The third kappa shape index (κ3) is 4.94. The maximum atomic E-state index is 12.5. The normalized spacial score (nSPS) is 12.6. The molecule has 0 aliphatic rings. The summed E-state index contributed by atoms with van der Waals surface area (Å²) in [6.45, 7) is 1.72. The molecule has 0 aromatic heterocycles. The maximum Gasteiger partial charge on any atom is 0.335 e. The molecule has 0 saturated heterocycles. The van der Waals surface area contributed by atoms with E-state index in [-0.39, 0.29) is 16.0 Å². The minimum absolute atomic E-state index is 0.0127. The van der Waals surface area contributed by atoms with Crippen LogP contribution in [0.5, 0.6) is 0 Å². The smallest absolute Gasteiger partial charge is 0.335 e. The van der Waals surface area contributed by atoms with Gasteiger partial charge in [-0.15, -0.1) is 0 Å². The lowest BCUT2D eigenvalue weighted by Gasteiger charge is -2.17. The van der Waals surface area contributed by atoms with Crippen molar-refractivity contribution in [1.29, 1.82) is 0 Å². The highest BCUT2D eigenvalue weighted by molar-refractivity contribution is 9.10. The fraction of sp³-hybridized carbons (Fsp3) is 0.222. The minimum Gasteiger partial charge on any atom is -0.478 e. The number of carboxylic acids is 1. The van der Waals surface area contributed by atoms with Gasteiger partial charge in [-0.25, -0.2) is 17.5 Å². The molecule has 1 atom stereocenters. The highest BCUT2D eigenvalue weighted by atomic mass is 79.9. The van der Waals surface area contributed by atoms with Crippen LogP contribution in [-0.4, -0.2) is 43.8 Å². The number of sulfonamides is 1. The molecule has 0 heterocycles. The van der Waals surface area contributed by atoms with Crippen LogP contribution in [0.15, 0.2) is 51.8 Å². The molecule has 0 bridgehead atoms. The Hall–Kier alpha value is -2.23. The molecular formula is C18H19BrN2O5S. The number of nitrogens with zero attached hydrogens (tertiary/aromatic N) is 1. The van der Waals surface area contributed by atoms with Gasteiger partial charge in [0.25, 0.3) is 5.91 Å². The van der Waals surface area contributed by atoms with Crippen LogP contribution in [0.3, 0.4) is 0 Å². The monoisotopic (exact) mass is 454 g/mol. The van der Waals surface area contributed by atoms with E-state index in [9.17, 15) is 18.0 Å². The van der Waals surface area contributed by atoms with Crippen molar-refractivity contribution in [2.24, 2.45) is 0 Å². The SMILES string of the molecule is CC(NC(=O)c1cc(Br)cc(C(=O)O)c1)c1cccc(S(=O)(=O)N(C)C)c1. The first kappa shape index (κ1) is 21.1. The lowest BCUT2D eigenvalue weighted by Crippen LogP contribution is -2.27. The average Bonchev–Trinajstić information content (AvgIpc) is 2.60. The molecule has 0 saturated carbocycles. The summed E-state index contributed by atoms with van der Waals surface area (Å²) < 4.78 is 26.1. The van der Waals surface area contributed by atoms with Crippen LogP contribution in [0, 0.1) is 0 Å². The Bertz CT molecular complexity index is 989. The Morgan fingerprint density at radius 1 is 1.11 bits per heavy atom. The van der Waals surface area contributed by atoms with Crippen molar-refractivity contribution in [1.82, 2.24) is 9.62 Å². The number of carboxylic acid groups (broad SMARTS) is 1. The highest BCUT2D eigenvalue weighted by Gasteiger charge is 2.19. The van der Waals surface area contributed by atoms with Gasteiger partial charge in [0, 0.05) is 24.1 Å². The van der Waals surface area contributed by atoms with Gasteiger partial charge < -0.3 is 10.4 Å². The average molecular weight is 455 g/mol. The Morgan fingerprint density at radius 3 is 2.33 bits per heavy atom. The van der Waals surface area contributed by atoms with E-state index in [0.29, 0.717) is 10.0 Å². The van der Waals surface area contributed by atoms with E-state index in [1.54, 1.807) is 19.1 Å². The molecule has 27 heavy (non-hydrogen) atoms. The summed E-state index contributed by atoms with van der Waals surface area (Å²) >= 11 is 3.19. The highest BCUT2D eigenvalue weighted by Crippen LogP contribution is 2.21. The van der Waals surface area contributed by atoms with Crippen molar-refractivity contribution >= 4 is 37.8 Å². The van der Waals surface area contributed by atoms with Crippen LogP contribution in [0.25, 0.3) is 0 Å². The summed E-state index contributed by atoms with van der Waals surface area (Å²) in [6.07, 6.45) is 0. The topological polar surface area (TPSA) is 104 Å². The molecule has 0 spiro atoms. The van der Waals surface area contributed by atoms with Crippen LogP contribution in [0.4, 0.5) is 0 Å². The molecule has 2 aromatic carbocycles. The second-order valence-electron chi connectivity index (χ2n) is 6.09. The van der Waals surface area contributed by atoms with E-state index in [1.165, 1.54) is 44.4 Å². The van der Waals surface area contributed by atoms with Crippen molar-refractivity contribution < 1.29 is 23.1 Å². The summed E-state index contributed by atoms with van der Waals surface area (Å²) in [4.78, 5) is 23.8. The predicted octanol–water partition coefficient (Wildman–Crippen LogP) is 2.89. The lowest BCUT2D eigenvalue weighted by molar-refractivity contribution is 0.0696. The van der Waals surface area contributed by atoms with Crippen LogP contribution in [0.2, 0.25) is 0 Å². The van der Waals surface area contributed by atoms with Gasteiger partial charge in [0.2, 0.25) is 10.0 Å². The van der Waals surface area contributed by atoms with Gasteiger partial charge in [0.15, 0.2) is 0 Å². The minimum atomic E-state index is -3.59. The van der Waals surface area contributed by atoms with E-state index in [0.717, 1.165) is 4.31 Å². The van der Waals surface area contributed by atoms with Gasteiger partial charge in [-0.3, -0.25) is 4.79 Å². The van der Waals surface area contributed by atoms with E-state index in [4.69, 9.17) is 5.11 Å². The Labute approximate surface area is 166 Å². The predicted molar refractivity (Wildman–Crippen MR) is 104 cm³/mol. The summed E-state index contributed by atoms with van der Waals surface area (Å²) in [6, 6.07) is 10.0. The number of carbonyl (C=O) groups is 2. The molecule has 2 aromatic rings. The van der Waals surface area contributed by atoms with E-state index >= 15 is 0 Å². The zero-order valence-electron chi connectivity index (χ0n) is 14.9. The first-order chi connectivity index (χ1) is 12.5. The van der Waals surface area contributed by atoms with Crippen molar-refractivity contribution in [2.75, 3.05) is 14.1 Å². The molecule has 0 fully saturated rings. The van der Waals surface area contributed by atoms with Crippen LogP contribution in [0.1, 0.15) is 39.2 Å². The number of nitrogens with one attached hydrogen (secondary N) is 1. The zero-order chi connectivity index (χ0) is 20.4. The fourth-order valence-corrected chi connectivity index (χ4v) is 3.81. The number of hydrogen-bond acceptors (Lipinski definition) is 4. The summed E-state index contributed by atoms with van der Waals surface area (Å²) in [7, 11) is -0.695. The lowest BCUT2D eigenvalue weighted by atomic mass is 10.1. The largest absolute Gasteiger partial charge is 0.478 e. The Kier molecular flexibility index (Phi) is 6.40. The Morgan fingerprint density at radius 2 is 1.74 bits per heavy atom. The standard InChI is InChI=1S/C18H19BrN2O5S/c1-11(12-5-4-6-16(10-12)27(25,26)21(2)3)20-17(22)13-7-14(18(23)24)9-15(19)8-13/h4-11H,1-3H3,(H,20,22)(H,23,24). The van der Waals surface area contributed by atoms with Crippen LogP contribution >= 0.6 is 15.9 Å². The molecule has 1 unspecified atom stereocenters. The van der Waals surface area contributed by atoms with E-state index in [2.05, 4.69) is 21.2 Å². The molecular weight excluding hydrogens is 436 g/mol. The molecule has 0 aliphatic heterocycles. The second kappa shape index (κ2) is 8.20. The molecule has 0 radical (unpaired) electrons. The number of hydrogen-bond donors (Lipinski definition) is 2. The summed E-state index contributed by atoms with van der Waals surface area (Å²) in [5, 5.41) is 11.9. The quantitative estimate of drug-likeness (QED) is 0.697. The summed E-state index contributed by atoms with van der Waals surface area (Å²) in [5.74, 6) is -1.60. The number of aromatic carboxylic acids is 1. The molecule has 0 aliphatic carbocycles. The van der Waals surface area contributed by atoms with E-state index in [1.807, 2.05) is 0 Å². The first-order valence-electron chi connectivity index (χ1n) is 7.89. The molecule has 2 N–H and O–H groups in total. The zero-order valence-corrected chi connectivity index (χ0v) is 17.3. The van der Waals surface area contributed by atoms with Gasteiger partial charge in [0.05, 0.1) is 16.5 Å². The fourth-order valence-electron chi connectivity index (χ4n) is 2.36.